The van der Waals surface area contributed by atoms with Gasteiger partial charge in [0.2, 0.25) is 11.8 Å². The molecule has 0 aliphatic carbocycles. The lowest BCUT2D eigenvalue weighted by Crippen LogP contribution is -2.57. The van der Waals surface area contributed by atoms with Crippen LogP contribution in [0.4, 0.5) is 4.79 Å². The Bertz CT molecular complexity index is 893. The van der Waals surface area contributed by atoms with Gasteiger partial charge >= 0.3 is 6.09 Å². The number of hydrogen-bond donors (Lipinski definition) is 2. The van der Waals surface area contributed by atoms with Crippen molar-refractivity contribution >= 4 is 17.9 Å². The maximum atomic E-state index is 14.3. The van der Waals surface area contributed by atoms with E-state index in [0.717, 1.165) is 36.0 Å². The number of rotatable bonds is 13. The number of ether oxygens (including phenoxy) is 1. The van der Waals surface area contributed by atoms with E-state index in [-0.39, 0.29) is 23.8 Å². The molecule has 3 amide bonds. The number of nitrogens with one attached hydrogen (secondary N) is 2. The third-order valence-electron chi connectivity index (χ3n) is 6.92. The molecular formula is C30H51N3O4. The van der Waals surface area contributed by atoms with E-state index >= 15 is 0 Å². The summed E-state index contributed by atoms with van der Waals surface area (Å²) in [4.78, 5) is 42.4. The molecule has 0 spiro atoms. The van der Waals surface area contributed by atoms with Gasteiger partial charge in [-0.1, -0.05) is 65.2 Å². The van der Waals surface area contributed by atoms with Crippen molar-refractivity contribution in [3.8, 4) is 0 Å². The SMILES string of the molecule is CCCCCNC(=O)C(c1ccc(C)c(C)c1)N(C(=O)C(NC(=O)OC(C)(C)C)C(C)CC)C(C)CC. The molecule has 7 nitrogen and oxygen atoms in total. The lowest BCUT2D eigenvalue weighted by atomic mass is 9.93. The summed E-state index contributed by atoms with van der Waals surface area (Å²) in [7, 11) is 0. The van der Waals surface area contributed by atoms with Gasteiger partial charge in [0, 0.05) is 12.6 Å². The topological polar surface area (TPSA) is 87.7 Å². The van der Waals surface area contributed by atoms with Crippen molar-refractivity contribution in [2.75, 3.05) is 6.54 Å². The predicted molar refractivity (Wildman–Crippen MR) is 150 cm³/mol. The molecule has 2 N–H and O–H groups in total. The molecule has 0 saturated heterocycles. The van der Waals surface area contributed by atoms with E-state index in [2.05, 4.69) is 17.6 Å². The second-order valence-electron chi connectivity index (χ2n) is 11.3. The lowest BCUT2D eigenvalue weighted by Gasteiger charge is -2.39. The van der Waals surface area contributed by atoms with Crippen molar-refractivity contribution in [1.82, 2.24) is 15.5 Å². The van der Waals surface area contributed by atoms with Crippen molar-refractivity contribution in [3.63, 3.8) is 0 Å². The molecule has 37 heavy (non-hydrogen) atoms. The Labute approximate surface area is 225 Å². The zero-order valence-corrected chi connectivity index (χ0v) is 24.9. The van der Waals surface area contributed by atoms with E-state index < -0.39 is 23.8 Å². The highest BCUT2D eigenvalue weighted by Gasteiger charge is 2.40. The van der Waals surface area contributed by atoms with Crippen LogP contribution >= 0.6 is 0 Å². The second-order valence-corrected chi connectivity index (χ2v) is 11.3. The molecule has 4 atom stereocenters. The number of aryl methyl sites for hydroxylation is 2. The van der Waals surface area contributed by atoms with Crippen LogP contribution in [0.3, 0.4) is 0 Å². The zero-order valence-electron chi connectivity index (χ0n) is 24.9. The average molecular weight is 518 g/mol. The summed E-state index contributed by atoms with van der Waals surface area (Å²) in [6.45, 7) is 20.0. The second kappa shape index (κ2) is 15.0. The minimum Gasteiger partial charge on any atom is -0.444 e. The first-order chi connectivity index (χ1) is 17.3. The number of unbranched alkanes of at least 4 members (excludes halogenated alkanes) is 2. The fourth-order valence-corrected chi connectivity index (χ4v) is 4.13. The van der Waals surface area contributed by atoms with Gasteiger partial charge < -0.3 is 20.3 Å². The van der Waals surface area contributed by atoms with E-state index in [9.17, 15) is 14.4 Å². The minimum atomic E-state index is -0.823. The van der Waals surface area contributed by atoms with Crippen molar-refractivity contribution in [3.05, 3.63) is 34.9 Å². The normalized spacial score (nSPS) is 14.8. The van der Waals surface area contributed by atoms with Crippen LogP contribution in [0.1, 0.15) is 110 Å². The summed E-state index contributed by atoms with van der Waals surface area (Å²) in [6, 6.07) is 4.06. The van der Waals surface area contributed by atoms with E-state index in [4.69, 9.17) is 4.74 Å². The van der Waals surface area contributed by atoms with Gasteiger partial charge in [-0.3, -0.25) is 9.59 Å². The quantitative estimate of drug-likeness (QED) is 0.304. The molecular weight excluding hydrogens is 466 g/mol. The monoisotopic (exact) mass is 517 g/mol. The highest BCUT2D eigenvalue weighted by atomic mass is 16.6. The molecule has 0 aromatic heterocycles. The Kier molecular flexibility index (Phi) is 13.2. The number of benzene rings is 1. The van der Waals surface area contributed by atoms with Crippen LogP contribution in [0.15, 0.2) is 18.2 Å². The summed E-state index contributed by atoms with van der Waals surface area (Å²) >= 11 is 0. The molecule has 0 radical (unpaired) electrons. The lowest BCUT2D eigenvalue weighted by molar-refractivity contribution is -0.146. The summed E-state index contributed by atoms with van der Waals surface area (Å²) in [5.41, 5.74) is 2.26. The molecule has 1 aromatic carbocycles. The molecule has 1 rings (SSSR count). The van der Waals surface area contributed by atoms with Gasteiger partial charge in [0.1, 0.15) is 17.7 Å². The highest BCUT2D eigenvalue weighted by Crippen LogP contribution is 2.29. The van der Waals surface area contributed by atoms with Crippen LogP contribution in [0, 0.1) is 19.8 Å². The third kappa shape index (κ3) is 10.0. The Morgan fingerprint density at radius 1 is 0.973 bits per heavy atom. The number of hydrogen-bond acceptors (Lipinski definition) is 4. The number of carbonyl (C=O) groups excluding carboxylic acids is 3. The zero-order chi connectivity index (χ0) is 28.3. The fraction of sp³-hybridized carbons (Fsp3) is 0.700. The van der Waals surface area contributed by atoms with Crippen molar-refractivity contribution in [2.24, 2.45) is 5.92 Å². The molecule has 0 bridgehead atoms. The minimum absolute atomic E-state index is 0.153. The fourth-order valence-electron chi connectivity index (χ4n) is 4.13. The molecule has 0 aliphatic rings. The van der Waals surface area contributed by atoms with Crippen LogP contribution < -0.4 is 10.6 Å². The maximum absolute atomic E-state index is 14.3. The molecule has 0 fully saturated rings. The van der Waals surface area contributed by atoms with Crippen molar-refractivity contribution < 1.29 is 19.1 Å². The third-order valence-corrected chi connectivity index (χ3v) is 6.92. The Hall–Kier alpha value is -2.57. The Morgan fingerprint density at radius 3 is 2.14 bits per heavy atom. The summed E-state index contributed by atoms with van der Waals surface area (Å²) in [5, 5.41) is 5.90. The van der Waals surface area contributed by atoms with Crippen molar-refractivity contribution in [1.29, 1.82) is 0 Å². The first kappa shape index (κ1) is 32.5. The Balaban J connectivity index is 3.54. The molecule has 1 aromatic rings. The van der Waals surface area contributed by atoms with E-state index in [1.165, 1.54) is 0 Å². The van der Waals surface area contributed by atoms with Crippen molar-refractivity contribution in [2.45, 2.75) is 125 Å². The van der Waals surface area contributed by atoms with Gasteiger partial charge in [-0.25, -0.2) is 4.79 Å². The van der Waals surface area contributed by atoms with Gasteiger partial charge in [-0.2, -0.15) is 0 Å². The van der Waals surface area contributed by atoms with E-state index in [1.807, 2.05) is 59.7 Å². The van der Waals surface area contributed by atoms with Crippen LogP contribution in [0.5, 0.6) is 0 Å². The van der Waals surface area contributed by atoms with Gasteiger partial charge in [0.25, 0.3) is 0 Å². The molecule has 4 unspecified atom stereocenters. The molecule has 7 heteroatoms. The van der Waals surface area contributed by atoms with Crippen LogP contribution in [0.2, 0.25) is 0 Å². The summed E-state index contributed by atoms with van der Waals surface area (Å²) < 4.78 is 5.48. The van der Waals surface area contributed by atoms with Gasteiger partial charge in [-0.15, -0.1) is 0 Å². The van der Waals surface area contributed by atoms with E-state index in [1.54, 1.807) is 25.7 Å². The summed E-state index contributed by atoms with van der Waals surface area (Å²) in [5.74, 6) is -0.630. The number of alkyl carbamates (subject to hydrolysis) is 1. The average Bonchev–Trinajstić information content (AvgIpc) is 2.82. The van der Waals surface area contributed by atoms with E-state index in [0.29, 0.717) is 19.4 Å². The Morgan fingerprint density at radius 2 is 1.62 bits per heavy atom. The smallest absolute Gasteiger partial charge is 0.408 e. The number of amides is 3. The largest absolute Gasteiger partial charge is 0.444 e. The summed E-state index contributed by atoms with van der Waals surface area (Å²) in [6.07, 6.45) is 3.67. The van der Waals surface area contributed by atoms with Crippen LogP contribution in [0.25, 0.3) is 0 Å². The number of nitrogens with zero attached hydrogens (tertiary/aromatic N) is 1. The maximum Gasteiger partial charge on any atom is 0.408 e. The molecule has 0 heterocycles. The van der Waals surface area contributed by atoms with Gasteiger partial charge in [-0.05, 0) is 77.0 Å². The first-order valence-corrected chi connectivity index (χ1v) is 13.9. The molecule has 0 aliphatic heterocycles. The molecule has 210 valence electrons. The van der Waals surface area contributed by atoms with Gasteiger partial charge in [0.15, 0.2) is 0 Å². The predicted octanol–water partition coefficient (Wildman–Crippen LogP) is 6.22. The first-order valence-electron chi connectivity index (χ1n) is 13.9. The molecule has 0 saturated carbocycles. The highest BCUT2D eigenvalue weighted by molar-refractivity contribution is 5.92. The standard InChI is InChI=1S/C30H51N3O4/c1-11-14-15-18-31-27(34)26(24-17-16-21(5)22(6)19-24)33(23(7)13-3)28(35)25(20(4)12-2)32-29(36)37-30(8,9)10/h16-17,19-20,23,25-26H,11-15,18H2,1-10H3,(H,31,34)(H,32,36). The van der Waals surface area contributed by atoms with Crippen LogP contribution in [-0.4, -0.2) is 47.0 Å². The number of carbonyl (C=O) groups is 3. The van der Waals surface area contributed by atoms with Crippen LogP contribution in [-0.2, 0) is 14.3 Å². The van der Waals surface area contributed by atoms with Gasteiger partial charge in [0.05, 0.1) is 0 Å².